The van der Waals surface area contributed by atoms with Gasteiger partial charge < -0.3 is 11.5 Å². The van der Waals surface area contributed by atoms with Crippen molar-refractivity contribution in [1.82, 2.24) is 4.98 Å². The molecular formula is C13H11Cl2N3S2. The first kappa shape index (κ1) is 15.3. The summed E-state index contributed by atoms with van der Waals surface area (Å²) in [6.45, 7) is 0. The lowest BCUT2D eigenvalue weighted by atomic mass is 10.3. The summed E-state index contributed by atoms with van der Waals surface area (Å²) in [5.41, 5.74) is 12.5. The molecule has 0 fully saturated rings. The first-order valence-corrected chi connectivity index (χ1v) is 7.53. The van der Waals surface area contributed by atoms with Crippen LogP contribution in [0.2, 0.25) is 10.0 Å². The molecule has 4 N–H and O–H groups in total. The van der Waals surface area contributed by atoms with E-state index < -0.39 is 0 Å². The van der Waals surface area contributed by atoms with Crippen LogP contribution in [0.25, 0.3) is 10.2 Å². The summed E-state index contributed by atoms with van der Waals surface area (Å²) >= 11 is 16.9. The lowest BCUT2D eigenvalue weighted by Gasteiger charge is -1.96. The van der Waals surface area contributed by atoms with Gasteiger partial charge in [0.25, 0.3) is 0 Å². The molecule has 0 unspecified atom stereocenters. The molecule has 20 heavy (non-hydrogen) atoms. The maximum atomic E-state index is 5.77. The van der Waals surface area contributed by atoms with Gasteiger partial charge in [0.2, 0.25) is 0 Å². The number of nitrogen functional groups attached to an aromatic ring is 2. The molecule has 0 aliphatic carbocycles. The molecule has 3 rings (SSSR count). The highest BCUT2D eigenvalue weighted by atomic mass is 35.5. The Kier molecular flexibility index (Phi) is 4.99. The van der Waals surface area contributed by atoms with Gasteiger partial charge in [-0.05, 0) is 36.4 Å². The number of halogens is 2. The molecule has 0 spiro atoms. The van der Waals surface area contributed by atoms with Gasteiger partial charge in [-0.1, -0.05) is 34.5 Å². The molecule has 0 aliphatic rings. The van der Waals surface area contributed by atoms with E-state index in [2.05, 4.69) is 17.6 Å². The number of aromatic nitrogens is 1. The predicted molar refractivity (Wildman–Crippen MR) is 92.2 cm³/mol. The number of nitrogens with two attached hydrogens (primary N) is 2. The van der Waals surface area contributed by atoms with E-state index in [9.17, 15) is 0 Å². The first-order chi connectivity index (χ1) is 9.45. The molecule has 0 saturated carbocycles. The number of anilines is 2. The minimum Gasteiger partial charge on any atom is -0.398 e. The highest BCUT2D eigenvalue weighted by Crippen LogP contribution is 2.26. The number of thiazole rings is 1. The monoisotopic (exact) mass is 343 g/mol. The van der Waals surface area contributed by atoms with Crippen molar-refractivity contribution in [2.45, 2.75) is 4.90 Å². The summed E-state index contributed by atoms with van der Waals surface area (Å²) in [4.78, 5) is 4.82. The zero-order valence-corrected chi connectivity index (χ0v) is 13.4. The summed E-state index contributed by atoms with van der Waals surface area (Å²) in [6, 6.07) is 10.7. The van der Waals surface area contributed by atoms with Gasteiger partial charge in [-0.15, -0.1) is 12.6 Å². The Hall–Kier alpha value is -1.14. The van der Waals surface area contributed by atoms with Gasteiger partial charge >= 0.3 is 0 Å². The Bertz CT molecular complexity index is 744. The highest BCUT2D eigenvalue weighted by Gasteiger charge is 1.99. The average molecular weight is 344 g/mol. The number of thiol groups is 1. The topological polar surface area (TPSA) is 64.9 Å². The van der Waals surface area contributed by atoms with Crippen molar-refractivity contribution in [3.63, 3.8) is 0 Å². The SMILES string of the molecule is Nc1ccc(Cl)cc1S.Nc1nc2ccc(Cl)cc2s1. The van der Waals surface area contributed by atoms with Crippen molar-refractivity contribution in [3.8, 4) is 0 Å². The van der Waals surface area contributed by atoms with Gasteiger partial charge in [0.05, 0.1) is 10.2 Å². The molecule has 1 heterocycles. The number of hydrogen-bond donors (Lipinski definition) is 3. The van der Waals surface area contributed by atoms with Gasteiger partial charge in [-0.2, -0.15) is 0 Å². The fraction of sp³-hybridized carbons (Fsp3) is 0. The zero-order chi connectivity index (χ0) is 14.7. The minimum atomic E-state index is 0.585. The molecule has 3 aromatic rings. The van der Waals surface area contributed by atoms with Crippen molar-refractivity contribution in [1.29, 1.82) is 0 Å². The lowest BCUT2D eigenvalue weighted by Crippen LogP contribution is -1.84. The van der Waals surface area contributed by atoms with Crippen LogP contribution in [0, 0.1) is 0 Å². The smallest absolute Gasteiger partial charge is 0.181 e. The third kappa shape index (κ3) is 3.93. The Morgan fingerprint density at radius 2 is 1.65 bits per heavy atom. The number of fused-ring (bicyclic) bond motifs is 1. The second kappa shape index (κ2) is 6.54. The quantitative estimate of drug-likeness (QED) is 0.408. The van der Waals surface area contributed by atoms with Crippen LogP contribution in [0.4, 0.5) is 10.8 Å². The van der Waals surface area contributed by atoms with Crippen LogP contribution in [0.3, 0.4) is 0 Å². The van der Waals surface area contributed by atoms with Crippen molar-refractivity contribution >= 4 is 68.2 Å². The van der Waals surface area contributed by atoms with E-state index in [1.54, 1.807) is 18.2 Å². The number of hydrogen-bond acceptors (Lipinski definition) is 5. The maximum absolute atomic E-state index is 5.77. The second-order valence-corrected chi connectivity index (χ2v) is 6.28. The molecule has 0 bridgehead atoms. The summed E-state index contributed by atoms with van der Waals surface area (Å²) in [6.07, 6.45) is 0. The van der Waals surface area contributed by atoms with Crippen molar-refractivity contribution in [3.05, 3.63) is 46.4 Å². The fourth-order valence-electron chi connectivity index (χ4n) is 1.43. The Labute approximate surface area is 135 Å². The molecule has 3 nitrogen and oxygen atoms in total. The minimum absolute atomic E-state index is 0.585. The Morgan fingerprint density at radius 1 is 1.00 bits per heavy atom. The third-order valence-electron chi connectivity index (χ3n) is 2.36. The molecule has 0 radical (unpaired) electrons. The highest BCUT2D eigenvalue weighted by molar-refractivity contribution is 7.80. The predicted octanol–water partition coefficient (Wildman–Crippen LogP) is 4.74. The van der Waals surface area contributed by atoms with E-state index in [0.717, 1.165) is 20.1 Å². The van der Waals surface area contributed by atoms with Gasteiger partial charge in [0.15, 0.2) is 5.13 Å². The van der Waals surface area contributed by atoms with Crippen LogP contribution in [0.1, 0.15) is 0 Å². The maximum Gasteiger partial charge on any atom is 0.181 e. The standard InChI is InChI=1S/C7H5ClN2S.C6H6ClNS/c8-4-1-2-5-6(3-4)11-7(9)10-5;7-4-1-2-5(8)6(9)3-4/h1-3H,(H2,9,10);1-3,9H,8H2. The van der Waals surface area contributed by atoms with Gasteiger partial charge in [0.1, 0.15) is 0 Å². The molecule has 7 heteroatoms. The fourth-order valence-corrected chi connectivity index (χ4v) is 2.91. The molecule has 0 aliphatic heterocycles. The Morgan fingerprint density at radius 3 is 2.30 bits per heavy atom. The van der Waals surface area contributed by atoms with Crippen LogP contribution < -0.4 is 11.5 Å². The van der Waals surface area contributed by atoms with Gasteiger partial charge in [-0.3, -0.25) is 0 Å². The summed E-state index contributed by atoms with van der Waals surface area (Å²) in [5.74, 6) is 0. The van der Waals surface area contributed by atoms with Crippen LogP contribution in [0.5, 0.6) is 0 Å². The van der Waals surface area contributed by atoms with Gasteiger partial charge in [0, 0.05) is 20.6 Å². The molecule has 104 valence electrons. The average Bonchev–Trinajstić information content (AvgIpc) is 2.74. The number of rotatable bonds is 0. The Balaban J connectivity index is 0.000000151. The second-order valence-electron chi connectivity index (χ2n) is 3.87. The van der Waals surface area contributed by atoms with E-state index in [1.807, 2.05) is 18.2 Å². The summed E-state index contributed by atoms with van der Waals surface area (Å²) < 4.78 is 1.04. The normalized spacial score (nSPS) is 10.2. The number of benzene rings is 2. The molecule has 0 saturated heterocycles. The van der Waals surface area contributed by atoms with Crippen LogP contribution >= 0.6 is 47.2 Å². The van der Waals surface area contributed by atoms with Gasteiger partial charge in [-0.25, -0.2) is 4.98 Å². The number of nitrogens with zero attached hydrogens (tertiary/aromatic N) is 1. The third-order valence-corrected chi connectivity index (χ3v) is 4.06. The van der Waals surface area contributed by atoms with Crippen molar-refractivity contribution in [2.75, 3.05) is 11.5 Å². The molecule has 1 aromatic heterocycles. The van der Waals surface area contributed by atoms with E-state index >= 15 is 0 Å². The first-order valence-electron chi connectivity index (χ1n) is 5.51. The van der Waals surface area contributed by atoms with E-state index in [-0.39, 0.29) is 0 Å². The lowest BCUT2D eigenvalue weighted by molar-refractivity contribution is 1.48. The molecular weight excluding hydrogens is 333 g/mol. The zero-order valence-electron chi connectivity index (χ0n) is 10.2. The molecule has 2 aromatic carbocycles. The summed E-state index contributed by atoms with van der Waals surface area (Å²) in [5, 5.41) is 1.97. The van der Waals surface area contributed by atoms with E-state index in [4.69, 9.17) is 34.7 Å². The van der Waals surface area contributed by atoms with Crippen LogP contribution in [-0.4, -0.2) is 4.98 Å². The van der Waals surface area contributed by atoms with Crippen LogP contribution in [0.15, 0.2) is 41.3 Å². The van der Waals surface area contributed by atoms with Crippen molar-refractivity contribution in [2.24, 2.45) is 0 Å². The van der Waals surface area contributed by atoms with E-state index in [0.29, 0.717) is 15.8 Å². The largest absolute Gasteiger partial charge is 0.398 e. The molecule has 0 atom stereocenters. The van der Waals surface area contributed by atoms with Crippen LogP contribution in [-0.2, 0) is 0 Å². The van der Waals surface area contributed by atoms with E-state index in [1.165, 1.54) is 11.3 Å². The molecule has 0 amide bonds. The summed E-state index contributed by atoms with van der Waals surface area (Å²) in [7, 11) is 0. The van der Waals surface area contributed by atoms with Crippen molar-refractivity contribution < 1.29 is 0 Å².